The van der Waals surface area contributed by atoms with Crippen LogP contribution in [0, 0.1) is 29.9 Å². The van der Waals surface area contributed by atoms with Crippen LogP contribution < -0.4 is 11.1 Å². The highest BCUT2D eigenvalue weighted by atomic mass is 16.6. The molecular weight excluding hydrogens is 574 g/mol. The van der Waals surface area contributed by atoms with Gasteiger partial charge in [0.25, 0.3) is 16.8 Å². The van der Waals surface area contributed by atoms with Crippen molar-refractivity contribution in [3.63, 3.8) is 0 Å². The van der Waals surface area contributed by atoms with Crippen LogP contribution in [0.4, 0.5) is 5.69 Å². The molecule has 0 saturated carbocycles. The van der Waals surface area contributed by atoms with Gasteiger partial charge in [0.2, 0.25) is 0 Å². The third kappa shape index (κ3) is 5.47. The molecule has 6 rings (SSSR count). The number of carbonyl (C=O) groups excluding carboxylic acids is 1. The Hall–Kier alpha value is -5.97. The highest BCUT2D eigenvalue weighted by Crippen LogP contribution is 2.38. The topological polar surface area (TPSA) is 145 Å². The summed E-state index contributed by atoms with van der Waals surface area (Å²) in [6.45, 7) is 3.56. The van der Waals surface area contributed by atoms with Gasteiger partial charge in [-0.25, -0.2) is 14.2 Å². The zero-order chi connectivity index (χ0) is 31.7. The van der Waals surface area contributed by atoms with E-state index in [0.29, 0.717) is 33.9 Å². The molecule has 0 aliphatic heterocycles. The van der Waals surface area contributed by atoms with Crippen LogP contribution in [0.15, 0.2) is 119 Å². The largest absolute Gasteiger partial charge is 0.454 e. The highest BCUT2D eigenvalue weighted by molar-refractivity contribution is 5.89. The molecule has 11 nitrogen and oxygen atoms in total. The van der Waals surface area contributed by atoms with Crippen LogP contribution in [0.2, 0.25) is 0 Å². The Bertz CT molecular complexity index is 1950. The van der Waals surface area contributed by atoms with E-state index >= 15 is 0 Å². The first-order chi connectivity index (χ1) is 21.7. The number of aromatic nitrogens is 4. The number of hydrogen-bond acceptors (Lipinski definition) is 6. The van der Waals surface area contributed by atoms with Crippen LogP contribution in [0.25, 0.3) is 11.4 Å². The first-order valence-electron chi connectivity index (χ1n) is 14.3. The standard InChI is InChI=1S/C34H29N5O6/c1-21-29(32(40)37(35-21)24-11-5-3-6-12-24)31(30-22(2)36-38(33(30)41)25-13-7-4-8-14-25)27-15-9-10-16-28(27)45-34(42)23-17-19-26(20-18-23)39(43)44/h3-20,27-28,31,35-36H,1-2H3/t27-,28+/m0/s1. The summed E-state index contributed by atoms with van der Waals surface area (Å²) in [5, 5.41) is 17.4. The maximum Gasteiger partial charge on any atom is 0.338 e. The number of carbonyl (C=O) groups is 1. The molecule has 226 valence electrons. The molecular formula is C34H29N5O6. The average Bonchev–Trinajstić information content (AvgIpc) is 3.52. The van der Waals surface area contributed by atoms with Crippen molar-refractivity contribution in [1.82, 2.24) is 19.6 Å². The summed E-state index contributed by atoms with van der Waals surface area (Å²) in [5.74, 6) is -2.18. The molecule has 45 heavy (non-hydrogen) atoms. The van der Waals surface area contributed by atoms with Crippen LogP contribution in [0.5, 0.6) is 0 Å². The van der Waals surface area contributed by atoms with Crippen LogP contribution in [-0.4, -0.2) is 36.6 Å². The molecule has 2 heterocycles. The van der Waals surface area contributed by atoms with E-state index in [4.69, 9.17) is 4.74 Å². The van der Waals surface area contributed by atoms with E-state index in [9.17, 15) is 24.5 Å². The SMILES string of the molecule is Cc1[nH]n(-c2ccccc2)c(=O)c1C(c1c(C)[nH]n(-c2ccccc2)c1=O)[C@H]1C=CC=C[C@H]1OC(=O)c1ccc([N+](=O)[O-])cc1. The van der Waals surface area contributed by atoms with Crippen molar-refractivity contribution in [2.24, 2.45) is 5.92 Å². The molecule has 2 aromatic heterocycles. The molecule has 0 bridgehead atoms. The Balaban J connectivity index is 1.48. The minimum Gasteiger partial charge on any atom is -0.454 e. The lowest BCUT2D eigenvalue weighted by Gasteiger charge is -2.30. The Morgan fingerprint density at radius 1 is 0.778 bits per heavy atom. The fourth-order valence-corrected chi connectivity index (χ4v) is 5.83. The smallest absolute Gasteiger partial charge is 0.338 e. The summed E-state index contributed by atoms with van der Waals surface area (Å²) in [5.41, 5.74) is 2.40. The van der Waals surface area contributed by atoms with E-state index in [-0.39, 0.29) is 22.4 Å². The van der Waals surface area contributed by atoms with Crippen molar-refractivity contribution in [3.8, 4) is 11.4 Å². The summed E-state index contributed by atoms with van der Waals surface area (Å²) in [6.07, 6.45) is 6.19. The highest BCUT2D eigenvalue weighted by Gasteiger charge is 2.39. The molecule has 0 radical (unpaired) electrons. The van der Waals surface area contributed by atoms with Gasteiger partial charge in [-0.2, -0.15) is 0 Å². The number of ether oxygens (including phenoxy) is 1. The van der Waals surface area contributed by atoms with Crippen molar-refractivity contribution >= 4 is 11.7 Å². The minimum atomic E-state index is -0.875. The number of benzene rings is 3. The molecule has 0 saturated heterocycles. The van der Waals surface area contributed by atoms with Gasteiger partial charge in [0.15, 0.2) is 0 Å². The van der Waals surface area contributed by atoms with Crippen LogP contribution in [0.1, 0.15) is 38.8 Å². The number of aromatic amines is 2. The Morgan fingerprint density at radius 3 is 1.76 bits per heavy atom. The monoisotopic (exact) mass is 603 g/mol. The molecule has 0 amide bonds. The van der Waals surface area contributed by atoms with E-state index < -0.39 is 28.8 Å². The van der Waals surface area contributed by atoms with E-state index in [1.54, 1.807) is 56.3 Å². The zero-order valence-electron chi connectivity index (χ0n) is 24.4. The summed E-state index contributed by atoms with van der Waals surface area (Å²) >= 11 is 0. The van der Waals surface area contributed by atoms with Crippen molar-refractivity contribution in [2.75, 3.05) is 0 Å². The number of aryl methyl sites for hydroxylation is 2. The number of para-hydroxylation sites is 2. The van der Waals surface area contributed by atoms with Crippen LogP contribution in [0.3, 0.4) is 0 Å². The lowest BCUT2D eigenvalue weighted by molar-refractivity contribution is -0.384. The molecule has 3 aromatic carbocycles. The molecule has 2 atom stereocenters. The minimum absolute atomic E-state index is 0.132. The van der Waals surface area contributed by atoms with Crippen LogP contribution in [-0.2, 0) is 4.74 Å². The first-order valence-corrected chi connectivity index (χ1v) is 14.3. The summed E-state index contributed by atoms with van der Waals surface area (Å²) in [7, 11) is 0. The number of non-ortho nitro benzene ring substituents is 1. The van der Waals surface area contributed by atoms with E-state index in [0.717, 1.165) is 0 Å². The fourth-order valence-electron chi connectivity index (χ4n) is 5.83. The summed E-state index contributed by atoms with van der Waals surface area (Å²) in [6, 6.07) is 23.4. The number of allylic oxidation sites excluding steroid dienone is 2. The molecule has 0 unspecified atom stereocenters. The zero-order valence-corrected chi connectivity index (χ0v) is 24.4. The number of esters is 1. The second-order valence-corrected chi connectivity index (χ2v) is 10.8. The molecule has 1 aliphatic carbocycles. The van der Waals surface area contributed by atoms with Gasteiger partial charge in [-0.15, -0.1) is 0 Å². The Morgan fingerprint density at radius 2 is 1.27 bits per heavy atom. The Kier molecular flexibility index (Phi) is 7.74. The van der Waals surface area contributed by atoms with Gasteiger partial charge in [-0.3, -0.25) is 29.9 Å². The maximum absolute atomic E-state index is 14.2. The molecule has 0 fully saturated rings. The third-order valence-electron chi connectivity index (χ3n) is 7.95. The number of H-pyrrole nitrogens is 2. The predicted molar refractivity (Wildman–Crippen MR) is 168 cm³/mol. The molecule has 11 heteroatoms. The number of nitro groups is 1. The number of rotatable bonds is 8. The van der Waals surface area contributed by atoms with Gasteiger partial charge >= 0.3 is 5.97 Å². The summed E-state index contributed by atoms with van der Waals surface area (Å²) in [4.78, 5) is 52.2. The van der Waals surface area contributed by atoms with Gasteiger partial charge in [0.05, 0.1) is 21.9 Å². The number of nitrogens with zero attached hydrogens (tertiary/aromatic N) is 3. The lowest BCUT2D eigenvalue weighted by Crippen LogP contribution is -2.35. The maximum atomic E-state index is 14.2. The third-order valence-corrected chi connectivity index (χ3v) is 7.95. The number of nitrogens with one attached hydrogen (secondary N) is 2. The lowest BCUT2D eigenvalue weighted by atomic mass is 9.76. The predicted octanol–water partition coefficient (Wildman–Crippen LogP) is 5.27. The van der Waals surface area contributed by atoms with Crippen molar-refractivity contribution in [2.45, 2.75) is 25.9 Å². The van der Waals surface area contributed by atoms with Gasteiger partial charge in [0.1, 0.15) is 6.10 Å². The van der Waals surface area contributed by atoms with E-state index in [2.05, 4.69) is 10.2 Å². The fraction of sp³-hybridized carbons (Fsp3) is 0.147. The van der Waals surface area contributed by atoms with Crippen molar-refractivity contribution in [1.29, 1.82) is 0 Å². The van der Waals surface area contributed by atoms with E-state index in [1.807, 2.05) is 42.5 Å². The van der Waals surface area contributed by atoms with Crippen molar-refractivity contribution in [3.05, 3.63) is 168 Å². The molecule has 1 aliphatic rings. The number of hydrogen-bond donors (Lipinski definition) is 2. The first kappa shape index (κ1) is 29.1. The normalized spacial score (nSPS) is 15.8. The van der Waals surface area contributed by atoms with E-state index in [1.165, 1.54) is 33.6 Å². The second kappa shape index (κ2) is 12.0. The van der Waals surface area contributed by atoms with Gasteiger partial charge in [-0.1, -0.05) is 54.6 Å². The number of nitro benzene ring substituents is 1. The van der Waals surface area contributed by atoms with Crippen LogP contribution >= 0.6 is 0 Å². The molecule has 0 spiro atoms. The van der Waals surface area contributed by atoms with Gasteiger partial charge in [-0.05, 0) is 56.3 Å². The second-order valence-electron chi connectivity index (χ2n) is 10.8. The summed E-state index contributed by atoms with van der Waals surface area (Å²) < 4.78 is 8.85. The quantitative estimate of drug-likeness (QED) is 0.140. The molecule has 5 aromatic rings. The Labute approximate surface area is 256 Å². The van der Waals surface area contributed by atoms with Gasteiger partial charge in [0, 0.05) is 46.5 Å². The average molecular weight is 604 g/mol. The van der Waals surface area contributed by atoms with Crippen molar-refractivity contribution < 1.29 is 14.5 Å². The molecule has 2 N–H and O–H groups in total. The van der Waals surface area contributed by atoms with Gasteiger partial charge < -0.3 is 4.74 Å².